The molecule has 0 radical (unpaired) electrons. The first-order chi connectivity index (χ1) is 7.66. The molecule has 0 aromatic rings. The van der Waals surface area contributed by atoms with Crippen molar-refractivity contribution in [3.05, 3.63) is 0 Å². The molecule has 4 nitrogen and oxygen atoms in total. The Labute approximate surface area is 112 Å². The predicted octanol–water partition coefficient (Wildman–Crippen LogP) is 3.51. The molecule has 0 amide bonds. The molecule has 1 atom stereocenters. The zero-order valence-electron chi connectivity index (χ0n) is 10.9. The van der Waals surface area contributed by atoms with E-state index >= 15 is 0 Å². The van der Waals surface area contributed by atoms with Gasteiger partial charge in [0.05, 0.1) is 18.1 Å². The molecule has 0 aromatic heterocycles. The smallest absolute Gasteiger partial charge is 0.307 e. The van der Waals surface area contributed by atoms with E-state index in [0.717, 1.165) is 0 Å². The summed E-state index contributed by atoms with van der Waals surface area (Å²) in [6, 6.07) is 0. The summed E-state index contributed by atoms with van der Waals surface area (Å²) >= 11 is 6.71. The van der Waals surface area contributed by atoms with Crippen LogP contribution in [0.4, 0.5) is 0 Å². The van der Waals surface area contributed by atoms with Crippen LogP contribution in [0.3, 0.4) is 0 Å². The summed E-state index contributed by atoms with van der Waals surface area (Å²) in [5.74, 6) is -0.867. The second-order valence-corrected chi connectivity index (χ2v) is 10.6. The number of carboxylic acids is 1. The first-order valence-electron chi connectivity index (χ1n) is 5.50. The van der Waals surface area contributed by atoms with E-state index in [1.807, 2.05) is 27.7 Å². The van der Waals surface area contributed by atoms with Crippen LogP contribution in [-0.2, 0) is 25.6 Å². The van der Waals surface area contributed by atoms with Crippen molar-refractivity contribution in [3.8, 4) is 0 Å². The third-order valence-corrected chi connectivity index (χ3v) is 7.29. The van der Waals surface area contributed by atoms with Gasteiger partial charge in [-0.1, -0.05) is 18.3 Å². The Morgan fingerprint density at radius 3 is 1.94 bits per heavy atom. The van der Waals surface area contributed by atoms with Crippen LogP contribution < -0.4 is 0 Å². The van der Waals surface area contributed by atoms with Gasteiger partial charge in [0.1, 0.15) is 0 Å². The van der Waals surface area contributed by atoms with Crippen molar-refractivity contribution in [1.82, 2.24) is 0 Å². The molecule has 0 aliphatic rings. The maximum atomic E-state index is 10.7. The fourth-order valence-electron chi connectivity index (χ4n) is 0.876. The van der Waals surface area contributed by atoms with Gasteiger partial charge in [0.2, 0.25) is 5.69 Å². The van der Waals surface area contributed by atoms with Gasteiger partial charge in [-0.05, 0) is 39.5 Å². The number of rotatable bonds is 8. The minimum Gasteiger partial charge on any atom is -0.481 e. The van der Waals surface area contributed by atoms with Gasteiger partial charge >= 0.3 is 5.97 Å². The molecule has 0 aliphatic heterocycles. The van der Waals surface area contributed by atoms with E-state index in [4.69, 9.17) is 26.0 Å². The molecule has 0 aromatic carbocycles. The predicted molar refractivity (Wildman–Crippen MR) is 76.0 cm³/mol. The molecular formula is C10H21O4PS2. The van der Waals surface area contributed by atoms with Crippen molar-refractivity contribution in [2.24, 2.45) is 5.92 Å². The standard InChI is InChI=1S/C10H21O4PS2/c1-7(2)13-15(16,14-8(3)4)17-6-9(5)10(11)12/h7-9H,6H2,1-5H3,(H,11,12). The van der Waals surface area contributed by atoms with Gasteiger partial charge in [0.15, 0.2) is 0 Å². The van der Waals surface area contributed by atoms with E-state index < -0.39 is 17.6 Å². The van der Waals surface area contributed by atoms with Gasteiger partial charge in [-0.2, -0.15) is 0 Å². The third-order valence-electron chi connectivity index (χ3n) is 1.58. The van der Waals surface area contributed by atoms with Crippen LogP contribution in [0.1, 0.15) is 34.6 Å². The van der Waals surface area contributed by atoms with Crippen LogP contribution in [0.5, 0.6) is 0 Å². The van der Waals surface area contributed by atoms with E-state index in [-0.39, 0.29) is 12.2 Å². The van der Waals surface area contributed by atoms with Crippen LogP contribution in [0, 0.1) is 5.92 Å². The van der Waals surface area contributed by atoms with Crippen LogP contribution >= 0.6 is 17.1 Å². The minimum absolute atomic E-state index is 0.0211. The highest BCUT2D eigenvalue weighted by Gasteiger charge is 2.25. The van der Waals surface area contributed by atoms with Crippen molar-refractivity contribution in [2.45, 2.75) is 46.8 Å². The van der Waals surface area contributed by atoms with Gasteiger partial charge in [0, 0.05) is 5.75 Å². The fourth-order valence-corrected chi connectivity index (χ4v) is 6.83. The Bertz CT molecular complexity index is 280. The third kappa shape index (κ3) is 8.16. The molecule has 0 saturated heterocycles. The average Bonchev–Trinajstić information content (AvgIpc) is 2.11. The first kappa shape index (κ1) is 17.4. The van der Waals surface area contributed by atoms with E-state index in [0.29, 0.717) is 5.75 Å². The first-order valence-corrected chi connectivity index (χ1v) is 9.73. The van der Waals surface area contributed by atoms with E-state index in [1.54, 1.807) is 6.92 Å². The largest absolute Gasteiger partial charge is 0.481 e. The molecule has 0 rings (SSSR count). The van der Waals surface area contributed by atoms with Gasteiger partial charge in [-0.3, -0.25) is 4.79 Å². The summed E-state index contributed by atoms with van der Waals surface area (Å²) in [4.78, 5) is 10.7. The second kappa shape index (κ2) is 7.74. The van der Waals surface area contributed by atoms with Crippen LogP contribution in [-0.4, -0.2) is 29.0 Å². The number of carboxylic acid groups (broad SMARTS) is 1. The Kier molecular flexibility index (Phi) is 7.92. The minimum atomic E-state index is -2.44. The quantitative estimate of drug-likeness (QED) is 0.692. The van der Waals surface area contributed by atoms with Crippen LogP contribution in [0.2, 0.25) is 0 Å². The van der Waals surface area contributed by atoms with Crippen LogP contribution in [0.15, 0.2) is 0 Å². The van der Waals surface area contributed by atoms with Crippen molar-refractivity contribution >= 4 is 34.9 Å². The molecule has 1 N–H and O–H groups in total. The van der Waals surface area contributed by atoms with Crippen molar-refractivity contribution in [3.63, 3.8) is 0 Å². The lowest BCUT2D eigenvalue weighted by Gasteiger charge is -2.26. The SMILES string of the molecule is CC(C)OP(=S)(OC(C)C)SCC(C)C(=O)O. The molecule has 7 heteroatoms. The molecule has 0 heterocycles. The number of hydrogen-bond donors (Lipinski definition) is 1. The van der Waals surface area contributed by atoms with Gasteiger partial charge in [-0.25, -0.2) is 0 Å². The van der Waals surface area contributed by atoms with E-state index in [9.17, 15) is 4.79 Å². The zero-order chi connectivity index (χ0) is 13.6. The Morgan fingerprint density at radius 2 is 1.65 bits per heavy atom. The Balaban J connectivity index is 4.49. The van der Waals surface area contributed by atoms with Crippen molar-refractivity contribution in [2.75, 3.05) is 5.75 Å². The van der Waals surface area contributed by atoms with Gasteiger partial charge in [0.25, 0.3) is 0 Å². The molecule has 0 fully saturated rings. The van der Waals surface area contributed by atoms with Crippen molar-refractivity contribution < 1.29 is 18.9 Å². The maximum absolute atomic E-state index is 10.7. The van der Waals surface area contributed by atoms with Gasteiger partial charge < -0.3 is 14.2 Å². The summed E-state index contributed by atoms with van der Waals surface area (Å²) in [6.07, 6.45) is -0.0422. The van der Waals surface area contributed by atoms with Gasteiger partial charge in [-0.15, -0.1) is 0 Å². The lowest BCUT2D eigenvalue weighted by Crippen LogP contribution is -2.13. The summed E-state index contributed by atoms with van der Waals surface area (Å²) in [6.45, 7) is 9.23. The molecular weight excluding hydrogens is 279 g/mol. The fraction of sp³-hybridized carbons (Fsp3) is 0.900. The normalized spacial score (nSPS) is 14.3. The van der Waals surface area contributed by atoms with E-state index in [2.05, 4.69) is 0 Å². The molecule has 0 spiro atoms. The monoisotopic (exact) mass is 300 g/mol. The van der Waals surface area contributed by atoms with Crippen molar-refractivity contribution in [1.29, 1.82) is 0 Å². The second-order valence-electron chi connectivity index (χ2n) is 4.29. The molecule has 0 aliphatic carbocycles. The summed E-state index contributed by atoms with van der Waals surface area (Å²) in [5, 5.41) is 8.83. The maximum Gasteiger partial charge on any atom is 0.307 e. The summed E-state index contributed by atoms with van der Waals surface area (Å²) < 4.78 is 11.3. The highest BCUT2D eigenvalue weighted by Crippen LogP contribution is 2.62. The Hall–Kier alpha value is 0.390. The lowest BCUT2D eigenvalue weighted by atomic mass is 10.2. The molecule has 1 unspecified atom stereocenters. The number of carbonyl (C=O) groups is 1. The summed E-state index contributed by atoms with van der Waals surface area (Å²) in [7, 11) is 0. The molecule has 17 heavy (non-hydrogen) atoms. The highest BCUT2D eigenvalue weighted by atomic mass is 32.9. The highest BCUT2D eigenvalue weighted by molar-refractivity contribution is 8.67. The Morgan fingerprint density at radius 1 is 1.24 bits per heavy atom. The number of aliphatic carboxylic acids is 1. The molecule has 0 bridgehead atoms. The molecule has 0 saturated carbocycles. The van der Waals surface area contributed by atoms with Crippen LogP contribution in [0.25, 0.3) is 0 Å². The number of hydrogen-bond acceptors (Lipinski definition) is 5. The molecule has 102 valence electrons. The lowest BCUT2D eigenvalue weighted by molar-refractivity contribution is -0.140. The average molecular weight is 300 g/mol. The van der Waals surface area contributed by atoms with E-state index in [1.165, 1.54) is 11.4 Å². The topological polar surface area (TPSA) is 55.8 Å². The zero-order valence-corrected chi connectivity index (χ0v) is 13.4. The summed E-state index contributed by atoms with van der Waals surface area (Å²) in [5.41, 5.74) is -2.44.